The molecule has 2 atom stereocenters. The van der Waals surface area contributed by atoms with E-state index in [1.54, 1.807) is 0 Å². The van der Waals surface area contributed by atoms with E-state index in [2.05, 4.69) is 31.0 Å². The zero-order valence-electron chi connectivity index (χ0n) is 14.5. The van der Waals surface area contributed by atoms with Crippen molar-refractivity contribution in [2.75, 3.05) is 13.1 Å². The molecule has 0 aromatic carbocycles. The van der Waals surface area contributed by atoms with Crippen LogP contribution in [0.3, 0.4) is 0 Å². The van der Waals surface area contributed by atoms with Gasteiger partial charge in [-0.05, 0) is 62.8 Å². The van der Waals surface area contributed by atoms with Crippen LogP contribution < -0.4 is 5.32 Å². The van der Waals surface area contributed by atoms with Gasteiger partial charge >= 0.3 is 0 Å². The quantitative estimate of drug-likeness (QED) is 0.789. The molecule has 2 unspecified atom stereocenters. The summed E-state index contributed by atoms with van der Waals surface area (Å²) in [6.45, 7) is 9.66. The van der Waals surface area contributed by atoms with Gasteiger partial charge in [0.2, 0.25) is 0 Å². The van der Waals surface area contributed by atoms with Gasteiger partial charge in [-0.2, -0.15) is 0 Å². The van der Waals surface area contributed by atoms with Gasteiger partial charge in [-0.15, -0.1) is 0 Å². The summed E-state index contributed by atoms with van der Waals surface area (Å²) in [7, 11) is 0. The minimum absolute atomic E-state index is 0.667. The van der Waals surface area contributed by atoms with Crippen LogP contribution in [0.25, 0.3) is 0 Å². The summed E-state index contributed by atoms with van der Waals surface area (Å²) in [5.74, 6) is 0.861. The fourth-order valence-corrected chi connectivity index (χ4v) is 5.79. The summed E-state index contributed by atoms with van der Waals surface area (Å²) >= 11 is 0. The van der Waals surface area contributed by atoms with Gasteiger partial charge < -0.3 is 5.32 Å². The smallest absolute Gasteiger partial charge is 0.0114 e. The normalized spacial score (nSPS) is 35.7. The summed E-state index contributed by atoms with van der Waals surface area (Å²) in [5.41, 5.74) is 0.667. The lowest BCUT2D eigenvalue weighted by molar-refractivity contribution is 0.0523. The molecule has 1 saturated carbocycles. The van der Waals surface area contributed by atoms with Crippen LogP contribution in [0.2, 0.25) is 0 Å². The van der Waals surface area contributed by atoms with Crippen LogP contribution in [0, 0.1) is 11.3 Å². The van der Waals surface area contributed by atoms with Gasteiger partial charge in [-0.1, -0.05) is 33.6 Å². The molecule has 0 amide bonds. The van der Waals surface area contributed by atoms with Crippen LogP contribution in [0.15, 0.2) is 0 Å². The molecule has 2 bridgehead atoms. The first-order valence-corrected chi connectivity index (χ1v) is 9.61. The van der Waals surface area contributed by atoms with E-state index in [1.807, 2.05) is 0 Å². The Morgan fingerprint density at radius 1 is 1.10 bits per heavy atom. The number of rotatable bonds is 6. The molecule has 21 heavy (non-hydrogen) atoms. The molecular weight excluding hydrogens is 256 g/mol. The van der Waals surface area contributed by atoms with Crippen molar-refractivity contribution in [1.82, 2.24) is 10.2 Å². The topological polar surface area (TPSA) is 15.3 Å². The molecule has 0 radical (unpaired) electrons. The van der Waals surface area contributed by atoms with E-state index < -0.39 is 0 Å². The highest BCUT2D eigenvalue weighted by atomic mass is 15.2. The molecular formula is C19H36N2. The Labute approximate surface area is 132 Å². The third-order valence-corrected chi connectivity index (χ3v) is 6.40. The Balaban J connectivity index is 1.64. The molecule has 2 heterocycles. The molecule has 122 valence electrons. The molecule has 3 aliphatic rings. The third-order valence-electron chi connectivity index (χ3n) is 6.40. The molecule has 0 aromatic heterocycles. The monoisotopic (exact) mass is 292 g/mol. The van der Waals surface area contributed by atoms with Crippen molar-refractivity contribution in [3.63, 3.8) is 0 Å². The molecule has 0 spiro atoms. The summed E-state index contributed by atoms with van der Waals surface area (Å²) in [4.78, 5) is 2.96. The van der Waals surface area contributed by atoms with Crippen molar-refractivity contribution in [2.24, 2.45) is 11.3 Å². The summed E-state index contributed by atoms with van der Waals surface area (Å²) in [6.07, 6.45) is 13.2. The van der Waals surface area contributed by atoms with Gasteiger partial charge in [-0.25, -0.2) is 0 Å². The fraction of sp³-hybridized carbons (Fsp3) is 1.00. The Morgan fingerprint density at radius 2 is 1.71 bits per heavy atom. The van der Waals surface area contributed by atoms with E-state index in [4.69, 9.17) is 0 Å². The lowest BCUT2D eigenvalue weighted by Gasteiger charge is -2.44. The molecule has 2 nitrogen and oxygen atoms in total. The number of piperidine rings is 1. The Morgan fingerprint density at radius 3 is 2.24 bits per heavy atom. The van der Waals surface area contributed by atoms with Crippen molar-refractivity contribution in [2.45, 2.75) is 96.7 Å². The summed E-state index contributed by atoms with van der Waals surface area (Å²) in [5, 5.41) is 3.71. The van der Waals surface area contributed by atoms with Crippen LogP contribution >= 0.6 is 0 Å². The standard InChI is InChI=1S/C19H36N2/c1-4-20-16-11-17-7-8-18(12-16)21(17)14-19(13-15(2)3)9-5-6-10-19/h15-18,20H,4-14H2,1-3H3. The average molecular weight is 293 g/mol. The summed E-state index contributed by atoms with van der Waals surface area (Å²) in [6, 6.07) is 2.57. The first-order chi connectivity index (χ1) is 10.1. The van der Waals surface area contributed by atoms with Gasteiger partial charge in [0.25, 0.3) is 0 Å². The predicted octanol–water partition coefficient (Wildman–Crippen LogP) is 4.20. The largest absolute Gasteiger partial charge is 0.314 e. The minimum atomic E-state index is 0.667. The number of nitrogens with zero attached hydrogens (tertiary/aromatic N) is 1. The molecule has 1 aliphatic carbocycles. The maximum absolute atomic E-state index is 3.71. The first kappa shape index (κ1) is 15.8. The van der Waals surface area contributed by atoms with Gasteiger partial charge in [0.05, 0.1) is 0 Å². The molecule has 2 saturated heterocycles. The van der Waals surface area contributed by atoms with Crippen LogP contribution in [-0.2, 0) is 0 Å². The molecule has 1 N–H and O–H groups in total. The van der Waals surface area contributed by atoms with Crippen LogP contribution in [-0.4, -0.2) is 36.1 Å². The minimum Gasteiger partial charge on any atom is -0.314 e. The molecule has 3 rings (SSSR count). The summed E-state index contributed by atoms with van der Waals surface area (Å²) < 4.78 is 0. The van der Waals surface area contributed by atoms with Gasteiger partial charge in [0, 0.05) is 24.7 Å². The van der Waals surface area contributed by atoms with Crippen LogP contribution in [0.5, 0.6) is 0 Å². The molecule has 0 aromatic rings. The number of hydrogen-bond acceptors (Lipinski definition) is 2. The Kier molecular flexibility index (Phi) is 4.95. The first-order valence-electron chi connectivity index (χ1n) is 9.61. The van der Waals surface area contributed by atoms with E-state index >= 15 is 0 Å². The Hall–Kier alpha value is -0.0800. The van der Waals surface area contributed by atoms with E-state index in [0.29, 0.717) is 5.41 Å². The average Bonchev–Trinajstić information content (AvgIpc) is 2.94. The fourth-order valence-electron chi connectivity index (χ4n) is 5.79. The highest BCUT2D eigenvalue weighted by molar-refractivity contribution is 5.00. The van der Waals surface area contributed by atoms with Crippen molar-refractivity contribution >= 4 is 0 Å². The SMILES string of the molecule is CCNC1CC2CCC(C1)N2CC1(CC(C)C)CCCC1. The van der Waals surface area contributed by atoms with E-state index in [1.165, 1.54) is 64.3 Å². The van der Waals surface area contributed by atoms with Crippen molar-refractivity contribution in [3.8, 4) is 0 Å². The second-order valence-electron chi connectivity index (χ2n) is 8.59. The number of fused-ring (bicyclic) bond motifs is 2. The van der Waals surface area contributed by atoms with Gasteiger partial charge in [0.1, 0.15) is 0 Å². The predicted molar refractivity (Wildman–Crippen MR) is 90.6 cm³/mol. The zero-order valence-corrected chi connectivity index (χ0v) is 14.5. The van der Waals surface area contributed by atoms with Gasteiger partial charge in [-0.3, -0.25) is 4.90 Å². The second kappa shape index (κ2) is 6.58. The highest BCUT2D eigenvalue weighted by Gasteiger charge is 2.45. The highest BCUT2D eigenvalue weighted by Crippen LogP contribution is 2.47. The van der Waals surface area contributed by atoms with E-state index in [-0.39, 0.29) is 0 Å². The van der Waals surface area contributed by atoms with Crippen molar-refractivity contribution < 1.29 is 0 Å². The number of nitrogens with one attached hydrogen (secondary N) is 1. The lowest BCUT2D eigenvalue weighted by Crippen LogP contribution is -2.52. The zero-order chi connectivity index (χ0) is 14.9. The van der Waals surface area contributed by atoms with Gasteiger partial charge in [0.15, 0.2) is 0 Å². The maximum Gasteiger partial charge on any atom is 0.0114 e. The molecule has 2 heteroatoms. The van der Waals surface area contributed by atoms with Crippen molar-refractivity contribution in [3.05, 3.63) is 0 Å². The van der Waals surface area contributed by atoms with E-state index in [0.717, 1.165) is 30.6 Å². The second-order valence-corrected chi connectivity index (χ2v) is 8.59. The molecule has 2 aliphatic heterocycles. The van der Waals surface area contributed by atoms with Crippen LogP contribution in [0.1, 0.15) is 78.6 Å². The van der Waals surface area contributed by atoms with Crippen LogP contribution in [0.4, 0.5) is 0 Å². The maximum atomic E-state index is 3.71. The third kappa shape index (κ3) is 3.47. The molecule has 3 fully saturated rings. The Bertz CT molecular complexity index is 318. The van der Waals surface area contributed by atoms with E-state index in [9.17, 15) is 0 Å². The van der Waals surface area contributed by atoms with Crippen molar-refractivity contribution in [1.29, 1.82) is 0 Å². The number of hydrogen-bond donors (Lipinski definition) is 1. The lowest BCUT2D eigenvalue weighted by atomic mass is 9.77.